The predicted octanol–water partition coefficient (Wildman–Crippen LogP) is 2.30. The number of ether oxygens (including phenoxy) is 1. The highest BCUT2D eigenvalue weighted by Gasteiger charge is 2.18. The molecule has 0 aliphatic rings. The Balaban J connectivity index is 3.06. The first-order chi connectivity index (χ1) is 7.90. The van der Waals surface area contributed by atoms with Gasteiger partial charge in [0.05, 0.1) is 20.6 Å². The third kappa shape index (κ3) is 3.20. The predicted molar refractivity (Wildman–Crippen MR) is 70.4 cm³/mol. The summed E-state index contributed by atoms with van der Waals surface area (Å²) in [5.41, 5.74) is 2.07. The van der Waals surface area contributed by atoms with E-state index in [4.69, 9.17) is 4.74 Å². The molecule has 0 aliphatic carbocycles. The first-order valence-corrected chi connectivity index (χ1v) is 5.74. The van der Waals surface area contributed by atoms with E-state index < -0.39 is 6.09 Å². The van der Waals surface area contributed by atoms with Crippen molar-refractivity contribution in [2.75, 3.05) is 27.7 Å². The minimum Gasteiger partial charge on any atom is -0.410 e. The van der Waals surface area contributed by atoms with Gasteiger partial charge in [0.25, 0.3) is 0 Å². The highest BCUT2D eigenvalue weighted by atomic mass is 16.6. The molecule has 94 valence electrons. The van der Waals surface area contributed by atoms with Crippen LogP contribution in [0, 0.1) is 6.92 Å². The van der Waals surface area contributed by atoms with E-state index in [-0.39, 0.29) is 0 Å². The van der Waals surface area contributed by atoms with Crippen LogP contribution in [-0.4, -0.2) is 33.8 Å². The molecule has 0 spiro atoms. The summed E-state index contributed by atoms with van der Waals surface area (Å²) in [5, 5.41) is 2.45. The molecule has 4 heteroatoms. The molecule has 1 aromatic rings. The maximum atomic E-state index is 11.2. The molecule has 0 radical (unpaired) electrons. The Labute approximate surface area is 103 Å². The monoisotopic (exact) mass is 237 g/mol. The highest BCUT2D eigenvalue weighted by molar-refractivity contribution is 5.71. The van der Waals surface area contributed by atoms with Gasteiger partial charge in [0.2, 0.25) is 0 Å². The van der Waals surface area contributed by atoms with E-state index in [1.54, 1.807) is 7.05 Å². The molecule has 0 bridgehead atoms. The smallest absolute Gasteiger partial charge is 0.410 e. The fraction of sp³-hybridized carbons (Fsp3) is 0.462. The Hall–Kier alpha value is -1.55. The van der Waals surface area contributed by atoms with Crippen LogP contribution in [0.25, 0.3) is 0 Å². The van der Waals surface area contributed by atoms with Crippen molar-refractivity contribution < 1.29 is 9.53 Å². The summed E-state index contributed by atoms with van der Waals surface area (Å²) in [4.78, 5) is 11.2. The molecule has 0 atom stereocenters. The van der Waals surface area contributed by atoms with E-state index in [0.717, 1.165) is 22.3 Å². The normalized spacial score (nSPS) is 11.1. The maximum absolute atomic E-state index is 11.2. The van der Waals surface area contributed by atoms with Crippen molar-refractivity contribution in [3.63, 3.8) is 0 Å². The molecule has 17 heavy (non-hydrogen) atoms. The van der Waals surface area contributed by atoms with Gasteiger partial charge >= 0.3 is 6.09 Å². The minimum atomic E-state index is -0.438. The number of carbonyl (C=O) groups is 1. The number of nitrogens with zero attached hydrogens (tertiary/aromatic N) is 1. The summed E-state index contributed by atoms with van der Waals surface area (Å²) in [7, 11) is 5.79. The van der Waals surface area contributed by atoms with Gasteiger partial charge in [0, 0.05) is 13.1 Å². The van der Waals surface area contributed by atoms with Crippen molar-refractivity contribution in [1.82, 2.24) is 9.80 Å². The van der Waals surface area contributed by atoms with Gasteiger partial charge in [-0.2, -0.15) is 0 Å². The van der Waals surface area contributed by atoms with Crippen molar-refractivity contribution >= 4 is 11.8 Å². The van der Waals surface area contributed by atoms with Crippen molar-refractivity contribution in [1.29, 1.82) is 0 Å². The highest BCUT2D eigenvalue weighted by Crippen LogP contribution is 2.27. The molecule has 1 aromatic carbocycles. The number of hydrogen-bond donors (Lipinski definition) is 1. The zero-order valence-corrected chi connectivity index (χ0v) is 11.2. The van der Waals surface area contributed by atoms with Crippen LogP contribution in [-0.2, 0) is 0 Å². The van der Waals surface area contributed by atoms with E-state index in [1.807, 2.05) is 19.1 Å². The van der Waals surface area contributed by atoms with Crippen molar-refractivity contribution in [2.45, 2.75) is 13.8 Å². The van der Waals surface area contributed by atoms with Gasteiger partial charge < -0.3 is 10.1 Å². The lowest BCUT2D eigenvalue weighted by molar-refractivity contribution is 0.202. The fourth-order valence-electron chi connectivity index (χ4n) is 1.41. The molecular formula is C13H21N2O2+. The third-order valence-electron chi connectivity index (χ3n) is 3.07. The maximum Gasteiger partial charge on any atom is 0.412 e. The molecule has 0 heterocycles. The molecule has 1 rings (SSSR count). The Morgan fingerprint density at radius 2 is 2.06 bits per heavy atom. The van der Waals surface area contributed by atoms with E-state index in [0.29, 0.717) is 5.75 Å². The molecule has 0 aromatic heterocycles. The van der Waals surface area contributed by atoms with Gasteiger partial charge in [-0.1, -0.05) is 0 Å². The van der Waals surface area contributed by atoms with Gasteiger partial charge in [0.15, 0.2) is 0 Å². The second-order valence-electron chi connectivity index (χ2n) is 4.59. The Kier molecular flexibility index (Phi) is 4.12. The number of benzene rings is 1. The van der Waals surface area contributed by atoms with E-state index in [2.05, 4.69) is 32.4 Å². The summed E-state index contributed by atoms with van der Waals surface area (Å²) in [6.45, 7) is 5.02. The van der Waals surface area contributed by atoms with Crippen LogP contribution in [0.15, 0.2) is 18.2 Å². The Morgan fingerprint density at radius 1 is 1.41 bits per heavy atom. The zero-order valence-electron chi connectivity index (χ0n) is 11.2. The number of nitrogens with one attached hydrogen (secondary N) is 1. The molecule has 1 amide bonds. The molecule has 1 N–H and O–H groups in total. The first-order valence-electron chi connectivity index (χ1n) is 5.74. The van der Waals surface area contributed by atoms with Gasteiger partial charge in [-0.3, -0.25) is 4.48 Å². The quantitative estimate of drug-likeness (QED) is 0.819. The van der Waals surface area contributed by atoms with E-state index >= 15 is 0 Å². The standard InChI is InChI=1S/C13H20N2O2/c1-6-15(4,5)11-8-7-10(2)12(9-11)17-13(16)14-3/h7-9H,6H2,1-5H3/p+1. The summed E-state index contributed by atoms with van der Waals surface area (Å²) in [5.74, 6) is 0.613. The summed E-state index contributed by atoms with van der Waals surface area (Å²) in [6, 6.07) is 5.97. The third-order valence-corrected chi connectivity index (χ3v) is 3.07. The topological polar surface area (TPSA) is 38.3 Å². The van der Waals surface area contributed by atoms with Gasteiger partial charge in [-0.05, 0) is 31.5 Å². The van der Waals surface area contributed by atoms with E-state index in [1.165, 1.54) is 0 Å². The summed E-state index contributed by atoms with van der Waals surface area (Å²) < 4.78 is 5.97. The van der Waals surface area contributed by atoms with Crippen LogP contribution >= 0.6 is 0 Å². The lowest BCUT2D eigenvalue weighted by atomic mass is 10.2. The molecule has 0 saturated carbocycles. The van der Waals surface area contributed by atoms with Crippen LogP contribution in [0.4, 0.5) is 10.5 Å². The molecule has 4 nitrogen and oxygen atoms in total. The van der Waals surface area contributed by atoms with Gasteiger partial charge in [0.1, 0.15) is 11.4 Å². The number of carbonyl (C=O) groups excluding carboxylic acids is 1. The number of hydrogen-bond acceptors (Lipinski definition) is 2. The van der Waals surface area contributed by atoms with Crippen molar-refractivity contribution in [3.05, 3.63) is 23.8 Å². The average molecular weight is 237 g/mol. The molecular weight excluding hydrogens is 216 g/mol. The molecule has 0 fully saturated rings. The van der Waals surface area contributed by atoms with Gasteiger partial charge in [-0.25, -0.2) is 4.79 Å². The Bertz CT molecular complexity index is 414. The summed E-state index contributed by atoms with van der Waals surface area (Å²) in [6.07, 6.45) is -0.438. The van der Waals surface area contributed by atoms with Crippen LogP contribution in [0.2, 0.25) is 0 Å². The lowest BCUT2D eigenvalue weighted by Gasteiger charge is -2.28. The SMILES string of the molecule is CC[N+](C)(C)c1ccc(C)c(OC(=O)NC)c1. The second-order valence-corrected chi connectivity index (χ2v) is 4.59. The average Bonchev–Trinajstić information content (AvgIpc) is 2.31. The number of aryl methyl sites for hydroxylation is 1. The van der Waals surface area contributed by atoms with Crippen molar-refractivity contribution in [3.8, 4) is 5.75 Å². The summed E-state index contributed by atoms with van der Waals surface area (Å²) >= 11 is 0. The Morgan fingerprint density at radius 3 is 2.59 bits per heavy atom. The van der Waals surface area contributed by atoms with E-state index in [9.17, 15) is 4.79 Å². The largest absolute Gasteiger partial charge is 0.412 e. The molecule has 0 saturated heterocycles. The number of rotatable bonds is 3. The van der Waals surface area contributed by atoms with Crippen LogP contribution < -0.4 is 14.5 Å². The minimum absolute atomic E-state index is 0.438. The fourth-order valence-corrected chi connectivity index (χ4v) is 1.41. The van der Waals surface area contributed by atoms with Crippen LogP contribution in [0.1, 0.15) is 12.5 Å². The van der Waals surface area contributed by atoms with Crippen LogP contribution in [0.3, 0.4) is 0 Å². The lowest BCUT2D eigenvalue weighted by Crippen LogP contribution is -2.39. The number of quaternary nitrogens is 1. The van der Waals surface area contributed by atoms with Gasteiger partial charge in [-0.15, -0.1) is 0 Å². The molecule has 0 unspecified atom stereocenters. The molecule has 0 aliphatic heterocycles. The number of amides is 1. The zero-order chi connectivity index (χ0) is 13.1. The van der Waals surface area contributed by atoms with Crippen LogP contribution in [0.5, 0.6) is 5.75 Å². The first kappa shape index (κ1) is 13.5. The second kappa shape index (κ2) is 5.19. The van der Waals surface area contributed by atoms with Crippen molar-refractivity contribution in [2.24, 2.45) is 0 Å².